The van der Waals surface area contributed by atoms with E-state index in [1.54, 1.807) is 19.1 Å². The third kappa shape index (κ3) is 2.51. The molecule has 0 fully saturated rings. The number of benzene rings is 1. The topological polar surface area (TPSA) is 77.4 Å². The lowest BCUT2D eigenvalue weighted by molar-refractivity contribution is 0.638. The molecule has 1 aliphatic heterocycles. The maximum absolute atomic E-state index is 13.3. The van der Waals surface area contributed by atoms with Gasteiger partial charge in [-0.1, -0.05) is 29.8 Å². The first-order valence-corrected chi connectivity index (χ1v) is 8.85. The summed E-state index contributed by atoms with van der Waals surface area (Å²) in [6.07, 6.45) is 0. The monoisotopic (exact) mass is 366 g/mol. The van der Waals surface area contributed by atoms with Crippen molar-refractivity contribution in [2.75, 3.05) is 12.1 Å². The molecule has 0 saturated carbocycles. The summed E-state index contributed by atoms with van der Waals surface area (Å²) in [4.78, 5) is 30.7. The van der Waals surface area contributed by atoms with Crippen molar-refractivity contribution in [2.45, 2.75) is 33.4 Å². The molecule has 1 aliphatic rings. The molecule has 0 spiro atoms. The molecule has 8 heteroatoms. The van der Waals surface area contributed by atoms with Crippen molar-refractivity contribution in [2.24, 2.45) is 12.1 Å². The van der Waals surface area contributed by atoms with E-state index in [2.05, 4.69) is 10.1 Å². The number of rotatable bonds is 2. The molecule has 0 unspecified atom stereocenters. The Bertz CT molecular complexity index is 1200. The highest BCUT2D eigenvalue weighted by molar-refractivity contribution is 5.90. The zero-order valence-corrected chi connectivity index (χ0v) is 16.1. The Labute approximate surface area is 156 Å². The molecular formula is C19H22N6O2. The van der Waals surface area contributed by atoms with Crippen LogP contribution in [0.1, 0.15) is 31.0 Å². The van der Waals surface area contributed by atoms with E-state index in [0.29, 0.717) is 17.1 Å². The number of nitrogens with zero attached hydrogens (tertiary/aromatic N) is 6. The Balaban J connectivity index is 1.99. The van der Waals surface area contributed by atoms with Crippen LogP contribution in [-0.2, 0) is 13.6 Å². The summed E-state index contributed by atoms with van der Waals surface area (Å²) in [5.74, 6) is 0.559. The van der Waals surface area contributed by atoms with Crippen LogP contribution in [0.2, 0.25) is 0 Å². The Kier molecular flexibility index (Phi) is 3.80. The second-order valence-corrected chi connectivity index (χ2v) is 7.11. The molecule has 0 N–H and O–H groups in total. The standard InChI is InChI=1S/C19H22N6O2/c1-11-6-8-14(9-7-11)10-24-17(26)15-16(22(4)19(24)27)20-18-23(5)21-12(2)13(3)25(15)18/h6-9,13H,10H2,1-5H3/t13-/m0/s1. The summed E-state index contributed by atoms with van der Waals surface area (Å²) in [7, 11) is 3.43. The van der Waals surface area contributed by atoms with Crippen LogP contribution in [0.5, 0.6) is 0 Å². The van der Waals surface area contributed by atoms with Gasteiger partial charge in [-0.2, -0.15) is 10.1 Å². The van der Waals surface area contributed by atoms with Gasteiger partial charge in [0.2, 0.25) is 5.95 Å². The van der Waals surface area contributed by atoms with E-state index in [-0.39, 0.29) is 23.8 Å². The van der Waals surface area contributed by atoms with E-state index in [1.165, 1.54) is 9.13 Å². The number of anilines is 1. The second-order valence-electron chi connectivity index (χ2n) is 7.11. The maximum Gasteiger partial charge on any atom is 0.332 e. The first-order chi connectivity index (χ1) is 12.8. The minimum absolute atomic E-state index is 0.112. The number of aromatic nitrogens is 4. The number of hydrazone groups is 1. The van der Waals surface area contributed by atoms with Gasteiger partial charge in [-0.15, -0.1) is 0 Å². The van der Waals surface area contributed by atoms with Crippen molar-refractivity contribution in [3.8, 4) is 0 Å². The number of aryl methyl sites for hydroxylation is 2. The van der Waals surface area contributed by atoms with Crippen molar-refractivity contribution in [1.82, 2.24) is 18.7 Å². The number of hydrogen-bond donors (Lipinski definition) is 0. The Hall–Kier alpha value is -3.16. The smallest absolute Gasteiger partial charge is 0.294 e. The molecule has 0 amide bonds. The van der Waals surface area contributed by atoms with Crippen molar-refractivity contribution in [3.63, 3.8) is 0 Å². The van der Waals surface area contributed by atoms with Crippen LogP contribution in [0.4, 0.5) is 5.95 Å². The highest BCUT2D eigenvalue weighted by Gasteiger charge is 2.29. The lowest BCUT2D eigenvalue weighted by Crippen LogP contribution is -2.40. The van der Waals surface area contributed by atoms with Gasteiger partial charge < -0.3 is 0 Å². The normalized spacial score (nSPS) is 16.6. The van der Waals surface area contributed by atoms with Crippen LogP contribution in [0.15, 0.2) is 39.0 Å². The number of imidazole rings is 1. The number of hydrogen-bond acceptors (Lipinski definition) is 5. The van der Waals surface area contributed by atoms with E-state index < -0.39 is 0 Å². The average molecular weight is 366 g/mol. The molecule has 140 valence electrons. The fourth-order valence-corrected chi connectivity index (χ4v) is 3.49. The highest BCUT2D eigenvalue weighted by atomic mass is 16.2. The van der Waals surface area contributed by atoms with Gasteiger partial charge in [0.25, 0.3) is 5.56 Å². The van der Waals surface area contributed by atoms with Crippen molar-refractivity contribution < 1.29 is 0 Å². The first-order valence-electron chi connectivity index (χ1n) is 8.85. The van der Waals surface area contributed by atoms with Gasteiger partial charge in [0.1, 0.15) is 0 Å². The zero-order chi connectivity index (χ0) is 19.5. The van der Waals surface area contributed by atoms with Crippen LogP contribution in [0.3, 0.4) is 0 Å². The van der Waals surface area contributed by atoms with Crippen molar-refractivity contribution >= 4 is 22.8 Å². The third-order valence-corrected chi connectivity index (χ3v) is 5.21. The minimum Gasteiger partial charge on any atom is -0.294 e. The molecule has 2 aromatic heterocycles. The predicted molar refractivity (Wildman–Crippen MR) is 106 cm³/mol. The quantitative estimate of drug-likeness (QED) is 0.691. The van der Waals surface area contributed by atoms with Gasteiger partial charge in [0, 0.05) is 14.1 Å². The summed E-state index contributed by atoms with van der Waals surface area (Å²) in [5, 5.41) is 6.09. The molecule has 0 aliphatic carbocycles. The first kappa shape index (κ1) is 17.3. The third-order valence-electron chi connectivity index (χ3n) is 5.21. The Morgan fingerprint density at radius 1 is 1.07 bits per heavy atom. The Morgan fingerprint density at radius 2 is 1.74 bits per heavy atom. The van der Waals surface area contributed by atoms with Crippen LogP contribution in [-0.4, -0.2) is 31.4 Å². The van der Waals surface area contributed by atoms with E-state index in [0.717, 1.165) is 16.8 Å². The molecule has 3 aromatic rings. The van der Waals surface area contributed by atoms with Crippen LogP contribution >= 0.6 is 0 Å². The van der Waals surface area contributed by atoms with E-state index >= 15 is 0 Å². The summed E-state index contributed by atoms with van der Waals surface area (Å²) >= 11 is 0. The average Bonchev–Trinajstić information content (AvgIpc) is 3.05. The van der Waals surface area contributed by atoms with Crippen LogP contribution in [0, 0.1) is 6.92 Å². The molecule has 1 aromatic carbocycles. The summed E-state index contributed by atoms with van der Waals surface area (Å²) in [5.41, 5.74) is 3.00. The van der Waals surface area contributed by atoms with Gasteiger partial charge in [-0.3, -0.25) is 18.5 Å². The van der Waals surface area contributed by atoms with Gasteiger partial charge in [-0.25, -0.2) is 9.80 Å². The van der Waals surface area contributed by atoms with Crippen LogP contribution in [0.25, 0.3) is 11.2 Å². The molecule has 0 radical (unpaired) electrons. The molecular weight excluding hydrogens is 344 g/mol. The fraction of sp³-hybridized carbons (Fsp3) is 0.368. The Morgan fingerprint density at radius 3 is 2.41 bits per heavy atom. The molecule has 27 heavy (non-hydrogen) atoms. The van der Waals surface area contributed by atoms with Crippen molar-refractivity contribution in [3.05, 3.63) is 56.2 Å². The minimum atomic E-state index is -0.378. The molecule has 0 bridgehead atoms. The zero-order valence-electron chi connectivity index (χ0n) is 16.1. The SMILES string of the molecule is CC1=NN(C)c2nc3c(c(=O)n(Cc4ccc(C)cc4)c(=O)n3C)n2[C@H]1C. The van der Waals surface area contributed by atoms with E-state index in [4.69, 9.17) is 0 Å². The van der Waals surface area contributed by atoms with Gasteiger partial charge in [0.15, 0.2) is 11.2 Å². The molecule has 0 saturated heterocycles. The van der Waals surface area contributed by atoms with E-state index in [9.17, 15) is 9.59 Å². The lowest BCUT2D eigenvalue weighted by atomic mass is 10.1. The van der Waals surface area contributed by atoms with Crippen LogP contribution < -0.4 is 16.3 Å². The van der Waals surface area contributed by atoms with Gasteiger partial charge >= 0.3 is 5.69 Å². The second kappa shape index (κ2) is 5.94. The number of fused-ring (bicyclic) bond motifs is 3. The largest absolute Gasteiger partial charge is 0.332 e. The summed E-state index contributed by atoms with van der Waals surface area (Å²) in [6.45, 7) is 6.12. The summed E-state index contributed by atoms with van der Waals surface area (Å²) in [6, 6.07) is 7.70. The molecule has 1 atom stereocenters. The van der Waals surface area contributed by atoms with Gasteiger partial charge in [-0.05, 0) is 26.3 Å². The molecule has 3 heterocycles. The highest BCUT2D eigenvalue weighted by Crippen LogP contribution is 2.28. The van der Waals surface area contributed by atoms with Crippen molar-refractivity contribution in [1.29, 1.82) is 0 Å². The summed E-state index contributed by atoms with van der Waals surface area (Å²) < 4.78 is 4.58. The molecule has 4 rings (SSSR count). The fourth-order valence-electron chi connectivity index (χ4n) is 3.49. The maximum atomic E-state index is 13.3. The lowest BCUT2D eigenvalue weighted by Gasteiger charge is -2.26. The van der Waals surface area contributed by atoms with E-state index in [1.807, 2.05) is 49.6 Å². The predicted octanol–water partition coefficient (Wildman–Crippen LogP) is 1.64. The van der Waals surface area contributed by atoms with Gasteiger partial charge in [0.05, 0.1) is 18.3 Å². The molecule has 8 nitrogen and oxygen atoms in total.